The molecule has 0 bridgehead atoms. The third-order valence-corrected chi connectivity index (χ3v) is 4.92. The zero-order valence-corrected chi connectivity index (χ0v) is 17.0. The van der Waals surface area contributed by atoms with Crippen LogP contribution >= 0.6 is 11.6 Å². The van der Waals surface area contributed by atoms with Crippen molar-refractivity contribution in [2.45, 2.75) is 12.6 Å². The fourth-order valence-corrected chi connectivity index (χ4v) is 3.29. The maximum absolute atomic E-state index is 13.1. The van der Waals surface area contributed by atoms with Crippen molar-refractivity contribution in [1.29, 1.82) is 0 Å². The molecule has 1 aliphatic rings. The van der Waals surface area contributed by atoms with Gasteiger partial charge in [-0.15, -0.1) is 0 Å². The minimum absolute atomic E-state index is 0.0190. The number of ether oxygens (including phenoxy) is 1. The number of aromatic nitrogens is 2. The Morgan fingerprint density at radius 2 is 1.94 bits per heavy atom. The summed E-state index contributed by atoms with van der Waals surface area (Å²) < 4.78 is 44.5. The van der Waals surface area contributed by atoms with Gasteiger partial charge in [0.25, 0.3) is 0 Å². The van der Waals surface area contributed by atoms with Gasteiger partial charge in [0.15, 0.2) is 0 Å². The third-order valence-electron chi connectivity index (χ3n) is 4.59. The number of nitrogens with zero attached hydrogens (tertiary/aromatic N) is 4. The van der Waals surface area contributed by atoms with Crippen LogP contribution in [-0.2, 0) is 10.9 Å². The maximum Gasteiger partial charge on any atom is 0.417 e. The quantitative estimate of drug-likeness (QED) is 0.347. The first-order chi connectivity index (χ1) is 14.8. The van der Waals surface area contributed by atoms with E-state index < -0.39 is 27.4 Å². The van der Waals surface area contributed by atoms with Crippen LogP contribution in [0.3, 0.4) is 0 Å². The normalized spacial score (nSPS) is 15.0. The molecule has 2 N–H and O–H groups in total. The zero-order chi connectivity index (χ0) is 22.4. The first-order valence-corrected chi connectivity index (χ1v) is 9.80. The highest BCUT2D eigenvalue weighted by molar-refractivity contribution is 6.31. The first kappa shape index (κ1) is 23.0. The average Bonchev–Trinajstić information content (AvgIpc) is 2.72. The van der Waals surface area contributed by atoms with E-state index >= 15 is 0 Å². The summed E-state index contributed by atoms with van der Waals surface area (Å²) >= 11 is 5.62. The number of halogens is 4. The Kier molecular flexibility index (Phi) is 7.46. The Labute approximate surface area is 180 Å². The molecule has 2 heterocycles. The molecule has 0 atom stereocenters. The molecule has 9 nitrogen and oxygen atoms in total. The first-order valence-electron chi connectivity index (χ1n) is 9.43. The summed E-state index contributed by atoms with van der Waals surface area (Å²) in [4.78, 5) is 20.9. The van der Waals surface area contributed by atoms with Gasteiger partial charge in [-0.3, -0.25) is 15.0 Å². The molecule has 0 unspecified atom stereocenters. The Hall–Kier alpha value is -2.70. The number of hydrogen-bond acceptors (Lipinski definition) is 8. The Balaban J connectivity index is 1.72. The van der Waals surface area contributed by atoms with E-state index in [2.05, 4.69) is 25.5 Å². The number of nitro groups is 1. The largest absolute Gasteiger partial charge is 0.417 e. The Bertz CT molecular complexity index is 925. The highest BCUT2D eigenvalue weighted by Crippen LogP contribution is 2.38. The molecule has 0 radical (unpaired) electrons. The molecule has 1 aromatic carbocycles. The second kappa shape index (κ2) is 10.1. The zero-order valence-electron chi connectivity index (χ0n) is 16.3. The molecule has 168 valence electrons. The third kappa shape index (κ3) is 6.15. The van der Waals surface area contributed by atoms with Crippen molar-refractivity contribution < 1.29 is 22.8 Å². The standard InChI is InChI=1S/C18H20ClF3N6O3/c19-14-3-2-12(10-13(14)18(20,21)22)26-17-15(28(29)30)16(24-11-25-17)23-4-1-5-27-6-8-31-9-7-27/h2-3,10-11H,1,4-9H2,(H2,23,24,25,26). The summed E-state index contributed by atoms with van der Waals surface area (Å²) in [5.74, 6) is -0.249. The van der Waals surface area contributed by atoms with Crippen LogP contribution in [0.2, 0.25) is 5.02 Å². The molecular formula is C18H20ClF3N6O3. The smallest absolute Gasteiger partial charge is 0.379 e. The van der Waals surface area contributed by atoms with Crippen LogP contribution in [-0.4, -0.2) is 59.2 Å². The predicted octanol–water partition coefficient (Wildman–Crippen LogP) is 3.93. The van der Waals surface area contributed by atoms with Gasteiger partial charge in [0.2, 0.25) is 11.6 Å². The molecule has 2 aromatic rings. The van der Waals surface area contributed by atoms with Crippen LogP contribution < -0.4 is 10.6 Å². The van der Waals surface area contributed by atoms with Crippen molar-refractivity contribution in [3.63, 3.8) is 0 Å². The van der Waals surface area contributed by atoms with E-state index in [1.54, 1.807) is 0 Å². The Morgan fingerprint density at radius 3 is 2.61 bits per heavy atom. The fourth-order valence-electron chi connectivity index (χ4n) is 3.06. The number of hydrogen-bond donors (Lipinski definition) is 2. The molecule has 1 aromatic heterocycles. The van der Waals surface area contributed by atoms with Crippen molar-refractivity contribution in [3.05, 3.63) is 45.2 Å². The molecule has 3 rings (SSSR count). The molecule has 0 saturated carbocycles. The fraction of sp³-hybridized carbons (Fsp3) is 0.444. The van der Waals surface area contributed by atoms with Gasteiger partial charge in [-0.25, -0.2) is 9.97 Å². The lowest BCUT2D eigenvalue weighted by Crippen LogP contribution is -2.37. The molecule has 13 heteroatoms. The minimum Gasteiger partial charge on any atom is -0.379 e. The summed E-state index contributed by atoms with van der Waals surface area (Å²) in [7, 11) is 0. The number of anilines is 3. The summed E-state index contributed by atoms with van der Waals surface area (Å²) in [6.45, 7) is 4.26. The van der Waals surface area contributed by atoms with Crippen LogP contribution in [0, 0.1) is 10.1 Å². The summed E-state index contributed by atoms with van der Waals surface area (Å²) in [5, 5.41) is 16.6. The van der Waals surface area contributed by atoms with Crippen molar-refractivity contribution >= 4 is 34.6 Å². The number of benzene rings is 1. The van der Waals surface area contributed by atoms with E-state index in [-0.39, 0.29) is 17.3 Å². The van der Waals surface area contributed by atoms with Gasteiger partial charge in [-0.2, -0.15) is 13.2 Å². The maximum atomic E-state index is 13.1. The molecule has 1 fully saturated rings. The lowest BCUT2D eigenvalue weighted by Gasteiger charge is -2.26. The lowest BCUT2D eigenvalue weighted by atomic mass is 10.2. The summed E-state index contributed by atoms with van der Waals surface area (Å²) in [5.41, 5.74) is -1.56. The summed E-state index contributed by atoms with van der Waals surface area (Å²) in [6.07, 6.45) is -2.85. The van der Waals surface area contributed by atoms with Gasteiger partial charge in [0, 0.05) is 25.3 Å². The molecule has 0 spiro atoms. The molecule has 1 aliphatic heterocycles. The number of morpholine rings is 1. The lowest BCUT2D eigenvalue weighted by molar-refractivity contribution is -0.383. The van der Waals surface area contributed by atoms with Gasteiger partial charge < -0.3 is 15.4 Å². The molecule has 0 amide bonds. The highest BCUT2D eigenvalue weighted by Gasteiger charge is 2.33. The second-order valence-corrected chi connectivity index (χ2v) is 7.14. The Morgan fingerprint density at radius 1 is 1.23 bits per heavy atom. The molecule has 0 aliphatic carbocycles. The minimum atomic E-state index is -4.67. The van der Waals surface area contributed by atoms with Crippen LogP contribution in [0.1, 0.15) is 12.0 Å². The number of alkyl halides is 3. The average molecular weight is 461 g/mol. The van der Waals surface area contributed by atoms with E-state index in [4.69, 9.17) is 16.3 Å². The predicted molar refractivity (Wildman–Crippen MR) is 109 cm³/mol. The van der Waals surface area contributed by atoms with Crippen LogP contribution in [0.15, 0.2) is 24.5 Å². The molecule has 31 heavy (non-hydrogen) atoms. The topological polar surface area (TPSA) is 105 Å². The monoisotopic (exact) mass is 460 g/mol. The van der Waals surface area contributed by atoms with E-state index in [0.29, 0.717) is 19.8 Å². The van der Waals surface area contributed by atoms with Crippen LogP contribution in [0.5, 0.6) is 0 Å². The summed E-state index contributed by atoms with van der Waals surface area (Å²) in [6, 6.07) is 3.10. The van der Waals surface area contributed by atoms with Gasteiger partial charge in [-0.1, -0.05) is 11.6 Å². The number of nitrogens with one attached hydrogen (secondary N) is 2. The van der Waals surface area contributed by atoms with Crippen molar-refractivity contribution in [2.75, 3.05) is 50.0 Å². The van der Waals surface area contributed by atoms with E-state index in [1.165, 1.54) is 6.07 Å². The molecule has 1 saturated heterocycles. The highest BCUT2D eigenvalue weighted by atomic mass is 35.5. The van der Waals surface area contributed by atoms with Gasteiger partial charge in [0.1, 0.15) is 6.33 Å². The molecular weight excluding hydrogens is 441 g/mol. The van der Waals surface area contributed by atoms with Crippen molar-refractivity contribution in [1.82, 2.24) is 14.9 Å². The van der Waals surface area contributed by atoms with Gasteiger partial charge in [-0.05, 0) is 31.2 Å². The van der Waals surface area contributed by atoms with Gasteiger partial charge in [0.05, 0.1) is 28.7 Å². The second-order valence-electron chi connectivity index (χ2n) is 6.73. The SMILES string of the molecule is O=[N+]([O-])c1c(NCCCN2CCOCC2)ncnc1Nc1ccc(Cl)c(C(F)(F)F)c1. The van der Waals surface area contributed by atoms with Crippen molar-refractivity contribution in [2.24, 2.45) is 0 Å². The van der Waals surface area contributed by atoms with Crippen LogP contribution in [0.25, 0.3) is 0 Å². The van der Waals surface area contributed by atoms with E-state index in [9.17, 15) is 23.3 Å². The van der Waals surface area contributed by atoms with Crippen molar-refractivity contribution in [3.8, 4) is 0 Å². The van der Waals surface area contributed by atoms with Gasteiger partial charge >= 0.3 is 11.9 Å². The number of rotatable bonds is 8. The van der Waals surface area contributed by atoms with Crippen LogP contribution in [0.4, 0.5) is 36.2 Å². The van der Waals surface area contributed by atoms with E-state index in [0.717, 1.165) is 44.5 Å². The van der Waals surface area contributed by atoms with E-state index in [1.807, 2.05) is 0 Å².